The van der Waals surface area contributed by atoms with E-state index in [0.29, 0.717) is 13.2 Å². The summed E-state index contributed by atoms with van der Waals surface area (Å²) in [5.74, 6) is 3.91. The maximum absolute atomic E-state index is 5.56. The molecule has 0 spiro atoms. The summed E-state index contributed by atoms with van der Waals surface area (Å²) in [6.45, 7) is 1.31. The van der Waals surface area contributed by atoms with Crippen molar-refractivity contribution in [2.24, 2.45) is 0 Å². The van der Waals surface area contributed by atoms with Gasteiger partial charge in [-0.3, -0.25) is 0 Å². The first-order chi connectivity index (χ1) is 8.40. The third kappa shape index (κ3) is 4.03. The van der Waals surface area contributed by atoms with E-state index in [2.05, 4.69) is 24.8 Å². The van der Waals surface area contributed by atoms with E-state index in [9.17, 15) is 0 Å². The van der Waals surface area contributed by atoms with Crippen molar-refractivity contribution in [2.75, 3.05) is 24.7 Å². The number of rotatable bonds is 6. The maximum Gasteiger partial charge on any atom is 0.162 e. The summed E-state index contributed by atoms with van der Waals surface area (Å²) in [6.07, 6.45) is 3.73. The topological polar surface area (TPSA) is 18.5 Å². The van der Waals surface area contributed by atoms with Gasteiger partial charge in [-0.2, -0.15) is 12.6 Å². The van der Waals surface area contributed by atoms with Crippen molar-refractivity contribution in [2.45, 2.75) is 24.2 Å². The zero-order chi connectivity index (χ0) is 11.9. The predicted molar refractivity (Wildman–Crippen MR) is 75.9 cm³/mol. The summed E-state index contributed by atoms with van der Waals surface area (Å²) in [5.41, 5.74) is 0. The molecule has 0 aliphatic carbocycles. The van der Waals surface area contributed by atoms with Gasteiger partial charge in [-0.1, -0.05) is 6.42 Å². The third-order valence-corrected chi connectivity index (χ3v) is 3.98. The lowest BCUT2D eigenvalue weighted by molar-refractivity contribution is 0.171. The van der Waals surface area contributed by atoms with Gasteiger partial charge >= 0.3 is 0 Å². The molecule has 2 rings (SSSR count). The Morgan fingerprint density at radius 2 is 1.88 bits per heavy atom. The Labute approximate surface area is 112 Å². The van der Waals surface area contributed by atoms with Crippen LogP contribution in [0.2, 0.25) is 0 Å². The minimum Gasteiger partial charge on any atom is -0.486 e. The van der Waals surface area contributed by atoms with E-state index in [1.54, 1.807) is 0 Å². The number of ether oxygens (including phenoxy) is 2. The Bertz CT molecular complexity index is 355. The molecular formula is C13H18O2S2. The van der Waals surface area contributed by atoms with Gasteiger partial charge in [0.05, 0.1) is 0 Å². The number of benzene rings is 1. The van der Waals surface area contributed by atoms with Crippen LogP contribution in [0.1, 0.15) is 19.3 Å². The number of hydrogen-bond acceptors (Lipinski definition) is 4. The van der Waals surface area contributed by atoms with E-state index >= 15 is 0 Å². The Morgan fingerprint density at radius 1 is 1.06 bits per heavy atom. The summed E-state index contributed by atoms with van der Waals surface area (Å²) in [7, 11) is 0. The Morgan fingerprint density at radius 3 is 2.71 bits per heavy atom. The van der Waals surface area contributed by atoms with Crippen LogP contribution in [0.5, 0.6) is 11.5 Å². The highest BCUT2D eigenvalue weighted by Crippen LogP contribution is 2.34. The van der Waals surface area contributed by atoms with Crippen LogP contribution in [0.25, 0.3) is 0 Å². The van der Waals surface area contributed by atoms with Gasteiger partial charge in [0, 0.05) is 4.90 Å². The molecular weight excluding hydrogens is 252 g/mol. The minimum absolute atomic E-state index is 0.656. The van der Waals surface area contributed by atoms with E-state index in [0.717, 1.165) is 23.0 Å². The quantitative estimate of drug-likeness (QED) is 0.483. The highest BCUT2D eigenvalue weighted by Gasteiger charge is 2.11. The lowest BCUT2D eigenvalue weighted by Crippen LogP contribution is -2.15. The van der Waals surface area contributed by atoms with Gasteiger partial charge in [0.15, 0.2) is 11.5 Å². The monoisotopic (exact) mass is 270 g/mol. The van der Waals surface area contributed by atoms with Crippen LogP contribution < -0.4 is 9.47 Å². The molecule has 0 unspecified atom stereocenters. The molecule has 1 aromatic rings. The number of thioether (sulfide) groups is 1. The molecule has 0 radical (unpaired) electrons. The average Bonchev–Trinajstić information content (AvgIpc) is 2.38. The molecule has 0 N–H and O–H groups in total. The molecule has 1 heterocycles. The van der Waals surface area contributed by atoms with Crippen LogP contribution in [0, 0.1) is 0 Å². The normalized spacial score (nSPS) is 13.7. The fraction of sp³-hybridized carbons (Fsp3) is 0.538. The number of thiol groups is 1. The van der Waals surface area contributed by atoms with Crippen molar-refractivity contribution in [3.05, 3.63) is 18.2 Å². The van der Waals surface area contributed by atoms with E-state index < -0.39 is 0 Å². The zero-order valence-corrected chi connectivity index (χ0v) is 11.6. The first-order valence-electron chi connectivity index (χ1n) is 6.03. The summed E-state index contributed by atoms with van der Waals surface area (Å²) < 4.78 is 11.1. The molecule has 17 heavy (non-hydrogen) atoms. The molecule has 1 aliphatic heterocycles. The fourth-order valence-corrected chi connectivity index (χ4v) is 2.86. The first-order valence-corrected chi connectivity index (χ1v) is 7.65. The number of unbranched alkanes of at least 4 members (excludes halogenated alkanes) is 2. The van der Waals surface area contributed by atoms with Crippen LogP contribution in [0.3, 0.4) is 0 Å². The Kier molecular flexibility index (Phi) is 5.39. The molecule has 0 atom stereocenters. The SMILES string of the molecule is SCCCCCSc1ccc2c(c1)OCCO2. The highest BCUT2D eigenvalue weighted by molar-refractivity contribution is 7.99. The molecule has 1 aliphatic rings. The van der Waals surface area contributed by atoms with Crippen LogP contribution in [-0.4, -0.2) is 24.7 Å². The summed E-state index contributed by atoms with van der Waals surface area (Å²) in [6, 6.07) is 6.19. The molecule has 2 nitrogen and oxygen atoms in total. The molecule has 0 saturated carbocycles. The van der Waals surface area contributed by atoms with Crippen LogP contribution in [0.4, 0.5) is 0 Å². The predicted octanol–water partition coefficient (Wildman–Crippen LogP) is 3.65. The van der Waals surface area contributed by atoms with Gasteiger partial charge in [-0.15, -0.1) is 11.8 Å². The average molecular weight is 270 g/mol. The van der Waals surface area contributed by atoms with Gasteiger partial charge < -0.3 is 9.47 Å². The lowest BCUT2D eigenvalue weighted by Gasteiger charge is -2.18. The largest absolute Gasteiger partial charge is 0.486 e. The van der Waals surface area contributed by atoms with Gasteiger partial charge in [-0.25, -0.2) is 0 Å². The Balaban J connectivity index is 1.81. The van der Waals surface area contributed by atoms with E-state index in [-0.39, 0.29) is 0 Å². The molecule has 4 heteroatoms. The number of fused-ring (bicyclic) bond motifs is 1. The smallest absolute Gasteiger partial charge is 0.162 e. The van der Waals surface area contributed by atoms with E-state index in [1.165, 1.54) is 24.2 Å². The molecule has 0 amide bonds. The zero-order valence-electron chi connectivity index (χ0n) is 9.85. The van der Waals surface area contributed by atoms with Gasteiger partial charge in [0.1, 0.15) is 13.2 Å². The molecule has 0 bridgehead atoms. The maximum atomic E-state index is 5.56. The summed E-state index contributed by atoms with van der Waals surface area (Å²) in [5, 5.41) is 0. The van der Waals surface area contributed by atoms with Crippen LogP contribution >= 0.6 is 24.4 Å². The highest BCUT2D eigenvalue weighted by atomic mass is 32.2. The molecule has 0 aromatic heterocycles. The van der Waals surface area contributed by atoms with E-state index in [1.807, 2.05) is 17.8 Å². The number of hydrogen-bond donors (Lipinski definition) is 1. The molecule has 0 fully saturated rings. The molecule has 1 aromatic carbocycles. The van der Waals surface area contributed by atoms with Crippen LogP contribution in [0.15, 0.2) is 23.1 Å². The van der Waals surface area contributed by atoms with Crippen LogP contribution in [-0.2, 0) is 0 Å². The second kappa shape index (κ2) is 7.07. The van der Waals surface area contributed by atoms with Gasteiger partial charge in [0.2, 0.25) is 0 Å². The second-order valence-electron chi connectivity index (χ2n) is 3.94. The Hall–Kier alpha value is -0.480. The van der Waals surface area contributed by atoms with Crippen molar-refractivity contribution in [3.8, 4) is 11.5 Å². The summed E-state index contributed by atoms with van der Waals surface area (Å²) in [4.78, 5) is 1.26. The van der Waals surface area contributed by atoms with Crippen molar-refractivity contribution in [1.29, 1.82) is 0 Å². The minimum atomic E-state index is 0.656. The lowest BCUT2D eigenvalue weighted by atomic mass is 10.3. The van der Waals surface area contributed by atoms with Crippen molar-refractivity contribution in [3.63, 3.8) is 0 Å². The van der Waals surface area contributed by atoms with Crippen molar-refractivity contribution >= 4 is 24.4 Å². The standard InChI is InChI=1S/C13H18O2S2/c16-8-2-1-3-9-17-11-4-5-12-13(10-11)15-7-6-14-12/h4-5,10,16H,1-3,6-9H2. The fourth-order valence-electron chi connectivity index (χ4n) is 1.69. The molecule has 94 valence electrons. The second-order valence-corrected chi connectivity index (χ2v) is 5.55. The van der Waals surface area contributed by atoms with E-state index in [4.69, 9.17) is 9.47 Å². The van der Waals surface area contributed by atoms with Gasteiger partial charge in [-0.05, 0) is 42.5 Å². The molecule has 0 saturated heterocycles. The third-order valence-electron chi connectivity index (χ3n) is 2.58. The van der Waals surface area contributed by atoms with Crippen molar-refractivity contribution in [1.82, 2.24) is 0 Å². The van der Waals surface area contributed by atoms with Gasteiger partial charge in [0.25, 0.3) is 0 Å². The first kappa shape index (κ1) is 13.0. The summed E-state index contributed by atoms with van der Waals surface area (Å²) >= 11 is 6.09. The van der Waals surface area contributed by atoms with Crippen molar-refractivity contribution < 1.29 is 9.47 Å².